The number of fused-ring (bicyclic) bond motifs is 1. The third-order valence-corrected chi connectivity index (χ3v) is 6.24. The summed E-state index contributed by atoms with van der Waals surface area (Å²) in [6.07, 6.45) is 1.86. The Balaban J connectivity index is 1.79. The first-order valence-electron chi connectivity index (χ1n) is 8.63. The van der Waals surface area contributed by atoms with E-state index in [2.05, 4.69) is 27.4 Å². The highest BCUT2D eigenvalue weighted by Crippen LogP contribution is 2.40. The number of rotatable bonds is 9. The lowest BCUT2D eigenvalue weighted by Crippen LogP contribution is -2.71. The Morgan fingerprint density at radius 3 is 2.93 bits per heavy atom. The molecular formula is C17H17N5O6S2. The summed E-state index contributed by atoms with van der Waals surface area (Å²) >= 11 is 2.41. The van der Waals surface area contributed by atoms with Crippen molar-refractivity contribution in [3.05, 3.63) is 35.0 Å². The van der Waals surface area contributed by atoms with Crippen molar-refractivity contribution in [1.29, 1.82) is 0 Å². The summed E-state index contributed by atoms with van der Waals surface area (Å²) in [5, 5.41) is 19.4. The summed E-state index contributed by atoms with van der Waals surface area (Å²) in [7, 11) is 0. The van der Waals surface area contributed by atoms with Crippen LogP contribution in [0.1, 0.15) is 12.6 Å². The summed E-state index contributed by atoms with van der Waals surface area (Å²) in [6.45, 7) is 5.47. The van der Waals surface area contributed by atoms with E-state index in [9.17, 15) is 24.3 Å². The highest BCUT2D eigenvalue weighted by atomic mass is 32.2. The molecular weight excluding hydrogens is 434 g/mol. The fraction of sp³-hybridized carbons (Fsp3) is 0.294. The van der Waals surface area contributed by atoms with Gasteiger partial charge in [-0.1, -0.05) is 17.8 Å². The lowest BCUT2D eigenvalue weighted by Gasteiger charge is -2.49. The second-order valence-electron chi connectivity index (χ2n) is 5.90. The molecule has 0 bridgehead atoms. The Morgan fingerprint density at radius 1 is 1.53 bits per heavy atom. The van der Waals surface area contributed by atoms with E-state index in [0.29, 0.717) is 17.7 Å². The molecule has 1 aromatic heterocycles. The van der Waals surface area contributed by atoms with Crippen LogP contribution in [0.5, 0.6) is 0 Å². The molecule has 2 atom stereocenters. The molecule has 1 fully saturated rings. The SMILES string of the molecule is C=CC1=C(C(=O)O)N2C(=O)C(NC(=O)C(=NOCC)c3csc(NC=O)n3)[C@H]2SC1. The van der Waals surface area contributed by atoms with E-state index in [1.54, 1.807) is 6.92 Å². The minimum absolute atomic E-state index is 0.128. The first-order valence-corrected chi connectivity index (χ1v) is 10.6. The van der Waals surface area contributed by atoms with Gasteiger partial charge in [0.15, 0.2) is 10.8 Å². The number of carbonyl (C=O) groups is 4. The van der Waals surface area contributed by atoms with Gasteiger partial charge in [-0.15, -0.1) is 23.1 Å². The van der Waals surface area contributed by atoms with E-state index in [-0.39, 0.29) is 28.8 Å². The van der Waals surface area contributed by atoms with Gasteiger partial charge in [-0.2, -0.15) is 0 Å². The van der Waals surface area contributed by atoms with Gasteiger partial charge in [0.05, 0.1) is 0 Å². The fourth-order valence-corrected chi connectivity index (χ4v) is 4.84. The molecule has 30 heavy (non-hydrogen) atoms. The number of aliphatic carboxylic acids is 1. The van der Waals surface area contributed by atoms with Gasteiger partial charge < -0.3 is 20.6 Å². The fourth-order valence-electron chi connectivity index (χ4n) is 2.84. The molecule has 2 aliphatic heterocycles. The Morgan fingerprint density at radius 2 is 2.30 bits per heavy atom. The Bertz CT molecular complexity index is 972. The Hall–Kier alpha value is -3.19. The molecule has 3 heterocycles. The molecule has 1 saturated heterocycles. The lowest BCUT2D eigenvalue weighted by molar-refractivity contribution is -0.150. The normalized spacial score (nSPS) is 20.8. The van der Waals surface area contributed by atoms with Gasteiger partial charge in [0.25, 0.3) is 11.8 Å². The van der Waals surface area contributed by atoms with Crippen LogP contribution >= 0.6 is 23.1 Å². The first kappa shape index (κ1) is 21.5. The number of thioether (sulfide) groups is 1. The van der Waals surface area contributed by atoms with Crippen LogP contribution in [0.2, 0.25) is 0 Å². The van der Waals surface area contributed by atoms with Crippen molar-refractivity contribution in [3.63, 3.8) is 0 Å². The number of aromatic nitrogens is 1. The molecule has 1 aromatic rings. The van der Waals surface area contributed by atoms with Gasteiger partial charge in [0, 0.05) is 11.1 Å². The van der Waals surface area contributed by atoms with E-state index in [0.717, 1.165) is 16.2 Å². The molecule has 2 aliphatic rings. The molecule has 3 amide bonds. The predicted molar refractivity (Wildman–Crippen MR) is 110 cm³/mol. The topological polar surface area (TPSA) is 150 Å². The van der Waals surface area contributed by atoms with Crippen molar-refractivity contribution in [1.82, 2.24) is 15.2 Å². The van der Waals surface area contributed by atoms with Crippen LogP contribution in [0.4, 0.5) is 5.13 Å². The number of carboxylic acids is 1. The zero-order chi connectivity index (χ0) is 21.8. The van der Waals surface area contributed by atoms with Crippen LogP contribution in [0, 0.1) is 0 Å². The minimum atomic E-state index is -1.23. The number of oxime groups is 1. The van der Waals surface area contributed by atoms with E-state index in [1.165, 1.54) is 23.2 Å². The van der Waals surface area contributed by atoms with Crippen molar-refractivity contribution in [2.45, 2.75) is 18.3 Å². The molecule has 0 aliphatic carbocycles. The van der Waals surface area contributed by atoms with Gasteiger partial charge in [-0.05, 0) is 12.5 Å². The maximum atomic E-state index is 12.8. The van der Waals surface area contributed by atoms with Crippen LogP contribution in [0.25, 0.3) is 0 Å². The number of hydrogen-bond donors (Lipinski definition) is 3. The van der Waals surface area contributed by atoms with Crippen LogP contribution in [0.3, 0.4) is 0 Å². The monoisotopic (exact) mass is 451 g/mol. The van der Waals surface area contributed by atoms with Crippen LogP contribution in [0.15, 0.2) is 34.5 Å². The van der Waals surface area contributed by atoms with Gasteiger partial charge in [0.2, 0.25) is 6.41 Å². The second kappa shape index (κ2) is 9.09. The van der Waals surface area contributed by atoms with E-state index >= 15 is 0 Å². The van der Waals surface area contributed by atoms with Crippen LogP contribution in [-0.4, -0.2) is 68.7 Å². The van der Waals surface area contributed by atoms with E-state index < -0.39 is 29.2 Å². The average molecular weight is 451 g/mol. The number of hydrogen-bond acceptors (Lipinski definition) is 9. The zero-order valence-corrected chi connectivity index (χ0v) is 17.3. The quantitative estimate of drug-likeness (QED) is 0.211. The smallest absolute Gasteiger partial charge is 0.352 e. The molecule has 3 rings (SSSR count). The highest BCUT2D eigenvalue weighted by molar-refractivity contribution is 8.00. The number of thiazole rings is 1. The van der Waals surface area contributed by atoms with Gasteiger partial charge in [0.1, 0.15) is 29.4 Å². The van der Waals surface area contributed by atoms with Crippen molar-refractivity contribution in [3.8, 4) is 0 Å². The number of allylic oxidation sites excluding steroid dienone is 1. The lowest BCUT2D eigenvalue weighted by atomic mass is 10.0. The second-order valence-corrected chi connectivity index (χ2v) is 7.86. The van der Waals surface area contributed by atoms with Crippen molar-refractivity contribution >= 4 is 58.1 Å². The maximum absolute atomic E-state index is 12.8. The zero-order valence-electron chi connectivity index (χ0n) is 15.7. The Kier molecular flexibility index (Phi) is 6.52. The van der Waals surface area contributed by atoms with Crippen LogP contribution < -0.4 is 10.6 Å². The molecule has 0 spiro atoms. The van der Waals surface area contributed by atoms with Crippen LogP contribution in [-0.2, 0) is 24.0 Å². The third-order valence-electron chi connectivity index (χ3n) is 4.16. The number of nitrogens with zero attached hydrogens (tertiary/aromatic N) is 3. The minimum Gasteiger partial charge on any atom is -0.477 e. The molecule has 1 unspecified atom stereocenters. The summed E-state index contributed by atoms with van der Waals surface area (Å²) in [6, 6.07) is -0.929. The van der Waals surface area contributed by atoms with Gasteiger partial charge in [-0.25, -0.2) is 9.78 Å². The molecule has 0 radical (unpaired) electrons. The standard InChI is InChI=1S/C17H17N5O6S2/c1-3-8-5-29-15-11(14(25)22(15)12(8)16(26)27)20-13(24)10(21-28-4-2)9-6-30-17(19-9)18-7-23/h3,6-7,11,15H,1,4-5H2,2H3,(H,20,24)(H,26,27)(H,18,19,23)/t11?,15-/m1/s1. The number of nitrogens with one attached hydrogen (secondary N) is 2. The summed E-state index contributed by atoms with van der Waals surface area (Å²) < 4.78 is 0. The Labute approximate surface area is 178 Å². The maximum Gasteiger partial charge on any atom is 0.352 e. The molecule has 13 heteroatoms. The van der Waals surface area contributed by atoms with E-state index in [4.69, 9.17) is 4.84 Å². The molecule has 0 saturated carbocycles. The molecule has 11 nitrogen and oxygen atoms in total. The molecule has 158 valence electrons. The number of amides is 3. The summed E-state index contributed by atoms with van der Waals surface area (Å²) in [5.74, 6) is -2.14. The average Bonchev–Trinajstić information content (AvgIpc) is 3.19. The number of carboxylic acid groups (broad SMARTS) is 1. The molecule has 3 N–H and O–H groups in total. The van der Waals surface area contributed by atoms with E-state index in [1.807, 2.05) is 0 Å². The summed E-state index contributed by atoms with van der Waals surface area (Å²) in [4.78, 5) is 57.8. The first-order chi connectivity index (χ1) is 14.4. The van der Waals surface area contributed by atoms with Gasteiger partial charge in [-0.3, -0.25) is 19.3 Å². The van der Waals surface area contributed by atoms with Crippen molar-refractivity contribution in [2.75, 3.05) is 17.7 Å². The highest BCUT2D eigenvalue weighted by Gasteiger charge is 2.54. The molecule has 0 aromatic carbocycles. The largest absolute Gasteiger partial charge is 0.477 e. The van der Waals surface area contributed by atoms with Gasteiger partial charge >= 0.3 is 5.97 Å². The van der Waals surface area contributed by atoms with Crippen molar-refractivity contribution in [2.24, 2.45) is 5.16 Å². The number of anilines is 1. The number of β-lactam (4-membered cyclic amide) rings is 1. The third kappa shape index (κ3) is 3.93. The predicted octanol–water partition coefficient (Wildman–Crippen LogP) is 0.377. The summed E-state index contributed by atoms with van der Waals surface area (Å²) in [5.41, 5.74) is 0.310. The van der Waals surface area contributed by atoms with Crippen molar-refractivity contribution < 1.29 is 29.1 Å². The number of carbonyl (C=O) groups excluding carboxylic acids is 3.